The van der Waals surface area contributed by atoms with Crippen molar-refractivity contribution >= 4 is 38.2 Å². The highest BCUT2D eigenvalue weighted by Gasteiger charge is 2.36. The molecule has 0 spiro atoms. The van der Waals surface area contributed by atoms with E-state index in [0.29, 0.717) is 0 Å². The number of nitrogens with two attached hydrogens (primary N) is 2. The second-order valence-electron chi connectivity index (χ2n) is 4.73. The third kappa shape index (κ3) is 4.51. The molecule has 11 nitrogen and oxygen atoms in total. The SMILES string of the molecule is CC1OC(N)=C(O)C1=O.CNC(=S)S(=O)(=O)OC1=C(N)OC(C)C1=O. The van der Waals surface area contributed by atoms with Crippen LogP contribution in [0.5, 0.6) is 0 Å². The molecule has 0 aromatic rings. The van der Waals surface area contributed by atoms with Crippen LogP contribution in [0.25, 0.3) is 0 Å². The Morgan fingerprint density at radius 1 is 1.16 bits per heavy atom. The van der Waals surface area contributed by atoms with E-state index in [2.05, 4.69) is 26.5 Å². The molecule has 0 bridgehead atoms. The van der Waals surface area contributed by atoms with Gasteiger partial charge in [-0.2, -0.15) is 8.42 Å². The highest BCUT2D eigenvalue weighted by Crippen LogP contribution is 2.21. The Kier molecular flexibility index (Phi) is 6.20. The molecule has 0 saturated carbocycles. The molecule has 0 aliphatic carbocycles. The van der Waals surface area contributed by atoms with Gasteiger partial charge in [-0.25, -0.2) is 0 Å². The lowest BCUT2D eigenvalue weighted by molar-refractivity contribution is -0.122. The Balaban J connectivity index is 0.000000293. The molecule has 25 heavy (non-hydrogen) atoms. The molecule has 0 fully saturated rings. The van der Waals surface area contributed by atoms with Gasteiger partial charge >= 0.3 is 10.1 Å². The van der Waals surface area contributed by atoms with Crippen LogP contribution in [0, 0.1) is 0 Å². The van der Waals surface area contributed by atoms with Gasteiger partial charge in [0.15, 0.2) is 12.2 Å². The molecule has 0 aromatic carbocycles. The van der Waals surface area contributed by atoms with Gasteiger partial charge in [0, 0.05) is 7.05 Å². The van der Waals surface area contributed by atoms with Crippen molar-refractivity contribution in [2.75, 3.05) is 7.05 Å². The van der Waals surface area contributed by atoms with E-state index in [4.69, 9.17) is 21.3 Å². The summed E-state index contributed by atoms with van der Waals surface area (Å²) >= 11 is 4.49. The van der Waals surface area contributed by atoms with Gasteiger partial charge in [0.05, 0.1) is 0 Å². The summed E-state index contributed by atoms with van der Waals surface area (Å²) in [6, 6.07) is 0. The number of ketones is 2. The van der Waals surface area contributed by atoms with E-state index in [1.165, 1.54) is 20.9 Å². The summed E-state index contributed by atoms with van der Waals surface area (Å²) in [6.07, 6.45) is -1.47. The van der Waals surface area contributed by atoms with E-state index in [-0.39, 0.29) is 11.8 Å². The van der Waals surface area contributed by atoms with Gasteiger partial charge in [-0.1, -0.05) is 0 Å². The topological polar surface area (TPSA) is 180 Å². The maximum absolute atomic E-state index is 11.4. The third-order valence-corrected chi connectivity index (χ3v) is 4.75. The standard InChI is InChI=1S/C7H10N2O5S2.C5H7NO3/c1-3-4(10)5(6(8)13-3)14-16(11,12)7(15)9-2;1-2-3(7)4(8)5(6)9-2/h3H,8H2,1-2H3,(H,9,15);2,8H,6H2,1H3. The minimum absolute atomic E-state index is 0.174. The summed E-state index contributed by atoms with van der Waals surface area (Å²) in [7, 11) is -2.89. The molecule has 2 unspecified atom stereocenters. The highest BCUT2D eigenvalue weighted by atomic mass is 32.2. The third-order valence-electron chi connectivity index (χ3n) is 2.88. The summed E-state index contributed by atoms with van der Waals surface area (Å²) in [4.78, 5) is 22.0. The number of carbonyl (C=O) groups excluding carboxylic acids is 2. The fraction of sp³-hybridized carbons (Fsp3) is 0.417. The molecule has 140 valence electrons. The van der Waals surface area contributed by atoms with Crippen molar-refractivity contribution in [2.45, 2.75) is 26.1 Å². The van der Waals surface area contributed by atoms with Crippen molar-refractivity contribution in [3.63, 3.8) is 0 Å². The van der Waals surface area contributed by atoms with Gasteiger partial charge in [0.1, 0.15) is 0 Å². The van der Waals surface area contributed by atoms with Crippen molar-refractivity contribution in [3.8, 4) is 0 Å². The van der Waals surface area contributed by atoms with Crippen LogP contribution in [0.2, 0.25) is 0 Å². The average molecular weight is 395 g/mol. The first-order valence-corrected chi connectivity index (χ1v) is 8.50. The first-order chi connectivity index (χ1) is 11.4. The van der Waals surface area contributed by atoms with Crippen LogP contribution < -0.4 is 16.8 Å². The quantitative estimate of drug-likeness (QED) is 0.318. The van der Waals surface area contributed by atoms with Gasteiger partial charge in [-0.05, 0) is 26.1 Å². The molecule has 13 heteroatoms. The highest BCUT2D eigenvalue weighted by molar-refractivity contribution is 8.14. The zero-order valence-electron chi connectivity index (χ0n) is 13.4. The average Bonchev–Trinajstić information content (AvgIpc) is 2.90. The van der Waals surface area contributed by atoms with E-state index in [9.17, 15) is 18.0 Å². The predicted octanol–water partition coefficient (Wildman–Crippen LogP) is -1.39. The smallest absolute Gasteiger partial charge is 0.365 e. The lowest BCUT2D eigenvalue weighted by Gasteiger charge is -2.06. The Morgan fingerprint density at radius 3 is 1.92 bits per heavy atom. The van der Waals surface area contributed by atoms with Crippen LogP contribution in [-0.4, -0.2) is 48.7 Å². The molecular formula is C12H17N3O8S2. The number of thiocarbonyl (C=S) groups is 1. The van der Waals surface area contributed by atoms with Crippen molar-refractivity contribution < 1.29 is 36.8 Å². The first kappa shape index (κ1) is 20.5. The number of aliphatic hydroxyl groups excluding tert-OH is 1. The molecule has 2 aliphatic rings. The Morgan fingerprint density at radius 2 is 1.64 bits per heavy atom. The van der Waals surface area contributed by atoms with Crippen LogP contribution in [0.4, 0.5) is 0 Å². The Hall–Kier alpha value is -2.54. The number of aliphatic hydroxyl groups is 1. The molecule has 2 rings (SSSR count). The van der Waals surface area contributed by atoms with E-state index in [0.717, 1.165) is 0 Å². The molecule has 0 radical (unpaired) electrons. The van der Waals surface area contributed by atoms with Crippen LogP contribution in [0.15, 0.2) is 23.3 Å². The summed E-state index contributed by atoms with van der Waals surface area (Å²) in [5.74, 6) is -2.62. The summed E-state index contributed by atoms with van der Waals surface area (Å²) in [6.45, 7) is 2.95. The molecule has 0 saturated heterocycles. The number of hydrogen-bond acceptors (Lipinski definition) is 11. The molecule has 6 N–H and O–H groups in total. The van der Waals surface area contributed by atoms with E-state index in [1.54, 1.807) is 0 Å². The van der Waals surface area contributed by atoms with Crippen molar-refractivity contribution in [2.24, 2.45) is 11.5 Å². The molecule has 2 heterocycles. The first-order valence-electron chi connectivity index (χ1n) is 6.68. The van der Waals surface area contributed by atoms with Gasteiger partial charge in [-0.3, -0.25) is 9.59 Å². The minimum atomic E-state index is -4.20. The van der Waals surface area contributed by atoms with Crippen LogP contribution in [-0.2, 0) is 33.4 Å². The normalized spacial score (nSPS) is 22.8. The minimum Gasteiger partial charge on any atom is -0.501 e. The molecular weight excluding hydrogens is 378 g/mol. The van der Waals surface area contributed by atoms with Crippen molar-refractivity contribution in [1.82, 2.24) is 5.32 Å². The van der Waals surface area contributed by atoms with Gasteiger partial charge in [0.2, 0.25) is 39.2 Å². The Labute approximate surface area is 148 Å². The number of rotatable bonds is 2. The zero-order chi connectivity index (χ0) is 19.5. The number of ether oxygens (including phenoxy) is 2. The van der Waals surface area contributed by atoms with E-state index < -0.39 is 49.7 Å². The second-order valence-corrected chi connectivity index (χ2v) is 6.88. The van der Waals surface area contributed by atoms with Gasteiger partial charge in [0.25, 0.3) is 0 Å². The summed E-state index contributed by atoms with van der Waals surface area (Å²) in [5.41, 5.74) is 10.3. The fourth-order valence-corrected chi connectivity index (χ4v) is 2.38. The molecule has 0 aromatic heterocycles. The van der Waals surface area contributed by atoms with Gasteiger partial charge in [-0.15, -0.1) is 0 Å². The molecule has 0 amide bonds. The maximum atomic E-state index is 11.4. The van der Waals surface area contributed by atoms with Crippen molar-refractivity contribution in [1.29, 1.82) is 0 Å². The summed E-state index contributed by atoms with van der Waals surface area (Å²) < 4.78 is 36.2. The fourth-order valence-electron chi connectivity index (χ4n) is 1.57. The largest absolute Gasteiger partial charge is 0.501 e. The van der Waals surface area contributed by atoms with Crippen LogP contribution >= 0.6 is 12.2 Å². The maximum Gasteiger partial charge on any atom is 0.365 e. The lowest BCUT2D eigenvalue weighted by atomic mass is 10.2. The van der Waals surface area contributed by atoms with Crippen LogP contribution in [0.1, 0.15) is 13.8 Å². The molecule has 2 aliphatic heterocycles. The second kappa shape index (κ2) is 7.57. The lowest BCUT2D eigenvalue weighted by Crippen LogP contribution is -2.29. The number of nitrogens with one attached hydrogen (secondary N) is 1. The Bertz CT molecular complexity index is 771. The number of carbonyl (C=O) groups is 2. The van der Waals surface area contributed by atoms with E-state index in [1.807, 2.05) is 0 Å². The van der Waals surface area contributed by atoms with E-state index >= 15 is 0 Å². The monoisotopic (exact) mass is 395 g/mol. The van der Waals surface area contributed by atoms with Crippen LogP contribution in [0.3, 0.4) is 0 Å². The predicted molar refractivity (Wildman–Crippen MR) is 87.8 cm³/mol. The van der Waals surface area contributed by atoms with Crippen molar-refractivity contribution in [3.05, 3.63) is 23.3 Å². The molecule has 2 atom stereocenters. The van der Waals surface area contributed by atoms with Gasteiger partial charge < -0.3 is 35.5 Å². The zero-order valence-corrected chi connectivity index (χ0v) is 15.1. The number of Topliss-reactive ketones (excluding diaryl/α,β-unsaturated/α-hetero) is 2. The number of hydrogen-bond donors (Lipinski definition) is 4. The summed E-state index contributed by atoms with van der Waals surface area (Å²) in [5, 5.41) is 10.9.